The molecule has 0 saturated carbocycles. The van der Waals surface area contributed by atoms with E-state index in [2.05, 4.69) is 4.72 Å². The molecule has 0 spiro atoms. The molecule has 1 atom stereocenters. The predicted molar refractivity (Wildman–Crippen MR) is 85.1 cm³/mol. The van der Waals surface area contributed by atoms with Crippen LogP contribution in [0.15, 0.2) is 24.3 Å². The molecule has 0 radical (unpaired) electrons. The zero-order chi connectivity index (χ0) is 16.2. The lowest BCUT2D eigenvalue weighted by atomic mass is 10.1. The van der Waals surface area contributed by atoms with E-state index in [1.807, 2.05) is 45.0 Å². The molecule has 1 aromatic carbocycles. The Balaban J connectivity index is 2.06. The van der Waals surface area contributed by atoms with Crippen LogP contribution in [0.4, 0.5) is 0 Å². The molecule has 0 bridgehead atoms. The number of ether oxygens (including phenoxy) is 2. The molecule has 1 aliphatic rings. The molecule has 124 valence electrons. The number of nitrogens with one attached hydrogen (secondary N) is 1. The average Bonchev–Trinajstić information content (AvgIpc) is 2.47. The Morgan fingerprint density at radius 3 is 2.55 bits per heavy atom. The topological polar surface area (TPSA) is 67.9 Å². The second-order valence-corrected chi connectivity index (χ2v) is 7.30. The first-order valence-corrected chi connectivity index (χ1v) is 8.94. The molecule has 6 nitrogen and oxygen atoms in total. The minimum Gasteiger partial charge on any atom is -0.491 e. The molecule has 1 N–H and O–H groups in total. The summed E-state index contributed by atoms with van der Waals surface area (Å²) in [5.74, 6) is 0.741. The number of benzene rings is 1. The highest BCUT2D eigenvalue weighted by Crippen LogP contribution is 2.21. The molecule has 0 aromatic heterocycles. The molecule has 1 fully saturated rings. The SMILES string of the molecule is CC(C)Oc1cccc([C@H](C)NS(=O)(=O)N2CCOCC2)c1. The number of hydrogen-bond donors (Lipinski definition) is 1. The monoisotopic (exact) mass is 328 g/mol. The average molecular weight is 328 g/mol. The fraction of sp³-hybridized carbons (Fsp3) is 0.600. The van der Waals surface area contributed by atoms with Crippen molar-refractivity contribution in [2.75, 3.05) is 26.3 Å². The Bertz CT molecular complexity index is 583. The van der Waals surface area contributed by atoms with Crippen molar-refractivity contribution in [3.63, 3.8) is 0 Å². The van der Waals surface area contributed by atoms with Crippen molar-refractivity contribution in [2.45, 2.75) is 32.9 Å². The van der Waals surface area contributed by atoms with E-state index in [1.54, 1.807) is 0 Å². The third kappa shape index (κ3) is 4.67. The van der Waals surface area contributed by atoms with Crippen LogP contribution >= 0.6 is 0 Å². The molecular weight excluding hydrogens is 304 g/mol. The molecule has 1 aliphatic heterocycles. The zero-order valence-electron chi connectivity index (χ0n) is 13.3. The van der Waals surface area contributed by atoms with Crippen LogP contribution in [0.1, 0.15) is 32.4 Å². The van der Waals surface area contributed by atoms with Gasteiger partial charge in [-0.15, -0.1) is 0 Å². The quantitative estimate of drug-likeness (QED) is 0.863. The van der Waals surface area contributed by atoms with Gasteiger partial charge in [-0.2, -0.15) is 17.4 Å². The fourth-order valence-corrected chi connectivity index (χ4v) is 3.64. The summed E-state index contributed by atoms with van der Waals surface area (Å²) in [5, 5.41) is 0. The van der Waals surface area contributed by atoms with Crippen LogP contribution in [0.25, 0.3) is 0 Å². The van der Waals surface area contributed by atoms with E-state index in [0.717, 1.165) is 11.3 Å². The normalized spacial score (nSPS) is 18.4. The van der Waals surface area contributed by atoms with Crippen LogP contribution in [-0.4, -0.2) is 45.1 Å². The lowest BCUT2D eigenvalue weighted by Gasteiger charge is -2.27. The van der Waals surface area contributed by atoms with E-state index < -0.39 is 10.2 Å². The molecule has 22 heavy (non-hydrogen) atoms. The first-order chi connectivity index (χ1) is 10.4. The van der Waals surface area contributed by atoms with Crippen LogP contribution in [0.5, 0.6) is 5.75 Å². The van der Waals surface area contributed by atoms with Gasteiger partial charge in [0.2, 0.25) is 0 Å². The highest BCUT2D eigenvalue weighted by molar-refractivity contribution is 7.87. The zero-order valence-corrected chi connectivity index (χ0v) is 14.1. The van der Waals surface area contributed by atoms with Crippen LogP contribution in [0.2, 0.25) is 0 Å². The number of hydrogen-bond acceptors (Lipinski definition) is 4. The maximum absolute atomic E-state index is 12.4. The first-order valence-electron chi connectivity index (χ1n) is 7.50. The summed E-state index contributed by atoms with van der Waals surface area (Å²) in [6.07, 6.45) is 0.0793. The summed E-state index contributed by atoms with van der Waals surface area (Å²) in [6, 6.07) is 7.16. The van der Waals surface area contributed by atoms with Crippen molar-refractivity contribution in [1.29, 1.82) is 0 Å². The van der Waals surface area contributed by atoms with E-state index in [1.165, 1.54) is 4.31 Å². The van der Waals surface area contributed by atoms with Gasteiger partial charge in [0.15, 0.2) is 0 Å². The molecule has 0 unspecified atom stereocenters. The summed E-state index contributed by atoms with van der Waals surface area (Å²) < 4.78 is 39.7. The van der Waals surface area contributed by atoms with Crippen LogP contribution in [0, 0.1) is 0 Å². The second-order valence-electron chi connectivity index (χ2n) is 5.60. The van der Waals surface area contributed by atoms with E-state index in [9.17, 15) is 8.42 Å². The van der Waals surface area contributed by atoms with Crippen LogP contribution < -0.4 is 9.46 Å². The van der Waals surface area contributed by atoms with Crippen molar-refractivity contribution < 1.29 is 17.9 Å². The second kappa shape index (κ2) is 7.41. The van der Waals surface area contributed by atoms with Crippen LogP contribution in [0.3, 0.4) is 0 Å². The highest BCUT2D eigenvalue weighted by atomic mass is 32.2. The van der Waals surface area contributed by atoms with Crippen molar-refractivity contribution in [3.8, 4) is 5.75 Å². The van der Waals surface area contributed by atoms with Gasteiger partial charge in [-0.25, -0.2) is 0 Å². The van der Waals surface area contributed by atoms with Gasteiger partial charge in [0.1, 0.15) is 5.75 Å². The summed E-state index contributed by atoms with van der Waals surface area (Å²) in [6.45, 7) is 7.39. The molecule has 7 heteroatoms. The molecule has 1 heterocycles. The van der Waals surface area contributed by atoms with Gasteiger partial charge in [0, 0.05) is 19.1 Å². The predicted octanol–water partition coefficient (Wildman–Crippen LogP) is 1.70. The number of morpholine rings is 1. The summed E-state index contributed by atoms with van der Waals surface area (Å²) in [5.41, 5.74) is 0.870. The molecule has 1 aromatic rings. The van der Waals surface area contributed by atoms with Gasteiger partial charge in [0.25, 0.3) is 10.2 Å². The smallest absolute Gasteiger partial charge is 0.280 e. The van der Waals surface area contributed by atoms with Crippen LogP contribution in [-0.2, 0) is 14.9 Å². The van der Waals surface area contributed by atoms with Gasteiger partial charge in [-0.05, 0) is 38.5 Å². The van der Waals surface area contributed by atoms with Gasteiger partial charge < -0.3 is 9.47 Å². The highest BCUT2D eigenvalue weighted by Gasteiger charge is 2.26. The van der Waals surface area contributed by atoms with Gasteiger partial charge in [-0.3, -0.25) is 0 Å². The van der Waals surface area contributed by atoms with Crippen molar-refractivity contribution >= 4 is 10.2 Å². The lowest BCUT2D eigenvalue weighted by Crippen LogP contribution is -2.47. The van der Waals surface area contributed by atoms with E-state index in [4.69, 9.17) is 9.47 Å². The molecule has 1 saturated heterocycles. The van der Waals surface area contributed by atoms with Crippen molar-refractivity contribution in [1.82, 2.24) is 9.03 Å². The third-order valence-electron chi connectivity index (χ3n) is 3.37. The Morgan fingerprint density at radius 2 is 1.91 bits per heavy atom. The number of nitrogens with zero attached hydrogens (tertiary/aromatic N) is 1. The van der Waals surface area contributed by atoms with E-state index in [-0.39, 0.29) is 12.1 Å². The summed E-state index contributed by atoms with van der Waals surface area (Å²) in [7, 11) is -3.50. The molecule has 2 rings (SSSR count). The lowest BCUT2D eigenvalue weighted by molar-refractivity contribution is 0.0723. The van der Waals surface area contributed by atoms with Crippen molar-refractivity contribution in [3.05, 3.63) is 29.8 Å². The standard InChI is InChI=1S/C15H24N2O4S/c1-12(2)21-15-6-4-5-14(11-15)13(3)16-22(18,19)17-7-9-20-10-8-17/h4-6,11-13,16H,7-10H2,1-3H3/t13-/m0/s1. The molecular formula is C15H24N2O4S. The maximum Gasteiger partial charge on any atom is 0.280 e. The largest absolute Gasteiger partial charge is 0.491 e. The maximum atomic E-state index is 12.4. The molecule has 0 amide bonds. The number of rotatable bonds is 6. The minimum atomic E-state index is -3.50. The first kappa shape index (κ1) is 17.2. The van der Waals surface area contributed by atoms with E-state index >= 15 is 0 Å². The molecule has 0 aliphatic carbocycles. The Kier molecular flexibility index (Phi) is 5.80. The Morgan fingerprint density at radius 1 is 1.23 bits per heavy atom. The van der Waals surface area contributed by atoms with Gasteiger partial charge in [0.05, 0.1) is 19.3 Å². The Labute approximate surface area is 132 Å². The summed E-state index contributed by atoms with van der Waals surface area (Å²) in [4.78, 5) is 0. The van der Waals surface area contributed by atoms with Crippen molar-refractivity contribution in [2.24, 2.45) is 0 Å². The Hall–Kier alpha value is -1.15. The summed E-state index contributed by atoms with van der Waals surface area (Å²) >= 11 is 0. The fourth-order valence-electron chi connectivity index (χ4n) is 2.28. The minimum absolute atomic E-state index is 0.0793. The van der Waals surface area contributed by atoms with Gasteiger partial charge in [-0.1, -0.05) is 12.1 Å². The van der Waals surface area contributed by atoms with Gasteiger partial charge >= 0.3 is 0 Å². The third-order valence-corrected chi connectivity index (χ3v) is 5.06. The van der Waals surface area contributed by atoms with E-state index in [0.29, 0.717) is 26.3 Å².